The number of aromatic nitrogens is 5. The Labute approximate surface area is 201 Å². The van der Waals surface area contributed by atoms with Crippen molar-refractivity contribution in [3.63, 3.8) is 0 Å². The minimum absolute atomic E-state index is 0.202. The van der Waals surface area contributed by atoms with Crippen molar-refractivity contribution >= 4 is 28.3 Å². The lowest BCUT2D eigenvalue weighted by Crippen LogP contribution is -2.33. The smallest absolute Gasteiger partial charge is 0.358 e. The number of ether oxygens (including phenoxy) is 1. The fourth-order valence-corrected chi connectivity index (χ4v) is 4.45. The van der Waals surface area contributed by atoms with Crippen molar-refractivity contribution in [1.82, 2.24) is 25.2 Å². The second kappa shape index (κ2) is 10.3. The van der Waals surface area contributed by atoms with Gasteiger partial charge < -0.3 is 4.74 Å². The summed E-state index contributed by atoms with van der Waals surface area (Å²) in [5, 5.41) is 11.7. The minimum atomic E-state index is -0.486. The van der Waals surface area contributed by atoms with Crippen LogP contribution in [-0.4, -0.2) is 50.2 Å². The van der Waals surface area contributed by atoms with Gasteiger partial charge in [0.15, 0.2) is 10.8 Å². The molecule has 4 aromatic rings. The van der Waals surface area contributed by atoms with E-state index in [4.69, 9.17) is 4.74 Å². The number of tetrazole rings is 1. The van der Waals surface area contributed by atoms with E-state index in [0.29, 0.717) is 28.5 Å². The van der Waals surface area contributed by atoms with Gasteiger partial charge in [-0.15, -0.1) is 16.4 Å². The van der Waals surface area contributed by atoms with Gasteiger partial charge in [-0.2, -0.15) is 0 Å². The lowest BCUT2D eigenvalue weighted by atomic mass is 10.1. The van der Waals surface area contributed by atoms with Crippen LogP contribution in [0.1, 0.15) is 43.8 Å². The Morgan fingerprint density at radius 3 is 2.59 bits per heavy atom. The van der Waals surface area contributed by atoms with E-state index in [0.717, 1.165) is 16.8 Å². The Kier molecular flexibility index (Phi) is 7.07. The monoisotopic (exact) mass is 476 g/mol. The summed E-state index contributed by atoms with van der Waals surface area (Å²) in [7, 11) is 0. The second-order valence-corrected chi connectivity index (χ2v) is 8.75. The zero-order valence-electron chi connectivity index (χ0n) is 19.1. The van der Waals surface area contributed by atoms with E-state index in [1.165, 1.54) is 17.7 Å². The third kappa shape index (κ3) is 5.01. The first-order valence-corrected chi connectivity index (χ1v) is 11.6. The number of aryl methyl sites for hydroxylation is 2. The SMILES string of the molecule is CCOC(=O)c1nc(N(CCc2ccccc2)C(=O)c2ccc(-n3cnnn3)c(C)c2)sc1C. The Bertz CT molecular complexity index is 1290. The number of esters is 1. The molecular weight excluding hydrogens is 452 g/mol. The maximum absolute atomic E-state index is 13.7. The molecule has 1 amide bonds. The average Bonchev–Trinajstić information content (AvgIpc) is 3.50. The van der Waals surface area contributed by atoms with Crippen molar-refractivity contribution in [3.05, 3.63) is 82.1 Å². The summed E-state index contributed by atoms with van der Waals surface area (Å²) in [5.41, 5.74) is 3.48. The third-order valence-electron chi connectivity index (χ3n) is 5.24. The molecule has 2 heterocycles. The Morgan fingerprint density at radius 2 is 1.91 bits per heavy atom. The van der Waals surface area contributed by atoms with Crippen molar-refractivity contribution in [2.24, 2.45) is 0 Å². The molecule has 34 heavy (non-hydrogen) atoms. The second-order valence-electron chi connectivity index (χ2n) is 7.57. The van der Waals surface area contributed by atoms with Crippen LogP contribution in [0.15, 0.2) is 54.9 Å². The number of nitrogens with zero attached hydrogens (tertiary/aromatic N) is 6. The Balaban J connectivity index is 1.66. The molecule has 0 saturated carbocycles. The van der Waals surface area contributed by atoms with E-state index >= 15 is 0 Å². The van der Waals surface area contributed by atoms with Crippen LogP contribution in [0.5, 0.6) is 0 Å². The summed E-state index contributed by atoms with van der Waals surface area (Å²) in [6, 6.07) is 15.3. The summed E-state index contributed by atoms with van der Waals surface area (Å²) in [6.07, 6.45) is 2.15. The summed E-state index contributed by atoms with van der Waals surface area (Å²) < 4.78 is 6.67. The number of carbonyl (C=O) groups is 2. The number of carbonyl (C=O) groups excluding carboxylic acids is 2. The van der Waals surface area contributed by atoms with Crippen molar-refractivity contribution in [2.75, 3.05) is 18.1 Å². The average molecular weight is 477 g/mol. The third-order valence-corrected chi connectivity index (χ3v) is 6.23. The molecule has 0 bridgehead atoms. The number of anilines is 1. The molecule has 0 fully saturated rings. The fraction of sp³-hybridized carbons (Fsp3) is 0.250. The van der Waals surface area contributed by atoms with Crippen molar-refractivity contribution in [1.29, 1.82) is 0 Å². The van der Waals surface area contributed by atoms with Crippen molar-refractivity contribution < 1.29 is 14.3 Å². The van der Waals surface area contributed by atoms with Crippen LogP contribution in [0.25, 0.3) is 5.69 Å². The van der Waals surface area contributed by atoms with Gasteiger partial charge in [-0.1, -0.05) is 30.3 Å². The molecule has 0 aliphatic carbocycles. The summed E-state index contributed by atoms with van der Waals surface area (Å²) >= 11 is 1.30. The van der Waals surface area contributed by atoms with Crippen LogP contribution in [0.2, 0.25) is 0 Å². The molecule has 174 valence electrons. The molecule has 0 radical (unpaired) electrons. The number of rotatable bonds is 8. The van der Waals surface area contributed by atoms with Gasteiger partial charge in [0.2, 0.25) is 0 Å². The topological polar surface area (TPSA) is 103 Å². The van der Waals surface area contributed by atoms with Crippen LogP contribution in [0.3, 0.4) is 0 Å². The molecule has 2 aromatic carbocycles. The fourth-order valence-electron chi connectivity index (χ4n) is 3.53. The maximum Gasteiger partial charge on any atom is 0.358 e. The summed E-state index contributed by atoms with van der Waals surface area (Å²) in [4.78, 5) is 32.8. The van der Waals surface area contributed by atoms with E-state index in [1.807, 2.05) is 49.4 Å². The number of amides is 1. The van der Waals surface area contributed by atoms with Crippen molar-refractivity contribution in [3.8, 4) is 5.69 Å². The highest BCUT2D eigenvalue weighted by molar-refractivity contribution is 7.16. The molecule has 4 rings (SSSR count). The first-order valence-electron chi connectivity index (χ1n) is 10.8. The van der Waals surface area contributed by atoms with Crippen molar-refractivity contribution in [2.45, 2.75) is 27.2 Å². The van der Waals surface area contributed by atoms with E-state index in [1.54, 1.807) is 29.5 Å². The van der Waals surface area contributed by atoms with Gasteiger partial charge in [-0.05, 0) is 66.9 Å². The van der Waals surface area contributed by atoms with Gasteiger partial charge in [0.05, 0.1) is 12.3 Å². The summed E-state index contributed by atoms with van der Waals surface area (Å²) in [6.45, 7) is 6.12. The Hall–Kier alpha value is -3.92. The summed E-state index contributed by atoms with van der Waals surface area (Å²) in [5.74, 6) is -0.689. The highest BCUT2D eigenvalue weighted by atomic mass is 32.1. The van der Waals surface area contributed by atoms with Gasteiger partial charge in [0.25, 0.3) is 5.91 Å². The lowest BCUT2D eigenvalue weighted by Gasteiger charge is -2.21. The zero-order chi connectivity index (χ0) is 24.1. The molecule has 0 unspecified atom stereocenters. The van der Waals surface area contributed by atoms with E-state index < -0.39 is 5.97 Å². The van der Waals surface area contributed by atoms with Gasteiger partial charge in [0.1, 0.15) is 6.33 Å². The molecule has 0 aliphatic heterocycles. The predicted molar refractivity (Wildman–Crippen MR) is 129 cm³/mol. The molecule has 2 aromatic heterocycles. The number of thiazole rings is 1. The highest BCUT2D eigenvalue weighted by Crippen LogP contribution is 2.28. The van der Waals surface area contributed by atoms with Gasteiger partial charge >= 0.3 is 5.97 Å². The van der Waals surface area contributed by atoms with Crippen LogP contribution >= 0.6 is 11.3 Å². The van der Waals surface area contributed by atoms with Crippen LogP contribution in [0, 0.1) is 13.8 Å². The van der Waals surface area contributed by atoms with Crippen LogP contribution in [0.4, 0.5) is 5.13 Å². The molecule has 0 spiro atoms. The number of hydrogen-bond acceptors (Lipinski definition) is 8. The van der Waals surface area contributed by atoms with E-state index in [2.05, 4.69) is 20.5 Å². The normalized spacial score (nSPS) is 10.8. The molecule has 0 saturated heterocycles. The minimum Gasteiger partial charge on any atom is -0.461 e. The molecule has 0 N–H and O–H groups in total. The Morgan fingerprint density at radius 1 is 1.12 bits per heavy atom. The first kappa shape index (κ1) is 23.2. The van der Waals surface area contributed by atoms with E-state index in [-0.39, 0.29) is 18.2 Å². The van der Waals surface area contributed by atoms with Gasteiger partial charge in [0, 0.05) is 17.0 Å². The molecule has 10 heteroatoms. The van der Waals surface area contributed by atoms with Crippen LogP contribution in [-0.2, 0) is 11.2 Å². The molecule has 0 aliphatic rings. The molecular formula is C24H24N6O3S. The first-order chi connectivity index (χ1) is 16.5. The van der Waals surface area contributed by atoms with Crippen LogP contribution < -0.4 is 4.90 Å². The van der Waals surface area contributed by atoms with Gasteiger partial charge in [-0.25, -0.2) is 14.5 Å². The number of hydrogen-bond donors (Lipinski definition) is 0. The standard InChI is InChI=1S/C24H24N6O3S/c1-4-33-23(32)21-17(3)34-24(26-21)29(13-12-18-8-6-5-7-9-18)22(31)19-10-11-20(16(2)14-19)30-15-25-27-28-30/h5-11,14-15H,4,12-13H2,1-3H3. The molecule has 0 atom stereocenters. The quantitative estimate of drug-likeness (QED) is 0.356. The van der Waals surface area contributed by atoms with E-state index in [9.17, 15) is 9.59 Å². The zero-order valence-corrected chi connectivity index (χ0v) is 20.0. The maximum atomic E-state index is 13.7. The highest BCUT2D eigenvalue weighted by Gasteiger charge is 2.25. The molecule has 9 nitrogen and oxygen atoms in total. The predicted octanol–water partition coefficient (Wildman–Crippen LogP) is 3.80. The van der Waals surface area contributed by atoms with Gasteiger partial charge in [-0.3, -0.25) is 9.69 Å². The lowest BCUT2D eigenvalue weighted by molar-refractivity contribution is 0.0519. The largest absolute Gasteiger partial charge is 0.461 e. The number of benzene rings is 2.